The van der Waals surface area contributed by atoms with E-state index in [0.717, 1.165) is 74.3 Å². The van der Waals surface area contributed by atoms with Gasteiger partial charge in [0.2, 0.25) is 5.91 Å². The maximum absolute atomic E-state index is 11.4. The first-order chi connectivity index (χ1) is 15.5. The molecule has 1 N–H and O–H groups in total. The summed E-state index contributed by atoms with van der Waals surface area (Å²) in [6, 6.07) is 5.94. The summed E-state index contributed by atoms with van der Waals surface area (Å²) in [7, 11) is 0. The zero-order valence-electron chi connectivity index (χ0n) is 18.6. The molecule has 1 aromatic heterocycles. The van der Waals surface area contributed by atoms with Crippen LogP contribution in [0, 0.1) is 0 Å². The molecular formula is C23H31N5O4. The van der Waals surface area contributed by atoms with Crippen molar-refractivity contribution in [2.75, 3.05) is 52.4 Å². The summed E-state index contributed by atoms with van der Waals surface area (Å²) in [5.74, 6) is 1.19. The molecule has 9 heteroatoms. The monoisotopic (exact) mass is 441 g/mol. The van der Waals surface area contributed by atoms with E-state index in [2.05, 4.69) is 14.9 Å². The molecule has 0 aliphatic carbocycles. The van der Waals surface area contributed by atoms with Crippen LogP contribution in [0.2, 0.25) is 0 Å². The van der Waals surface area contributed by atoms with Gasteiger partial charge in [0.1, 0.15) is 12.1 Å². The van der Waals surface area contributed by atoms with Crippen molar-refractivity contribution in [1.29, 1.82) is 0 Å². The SMILES string of the molecule is CC(=O)N1CCN(CCCOc2ccc3c(C4CCN(C(=O)O)CC4)ncnc3c2)CC1. The molecule has 1 aromatic carbocycles. The van der Waals surface area contributed by atoms with Crippen LogP contribution in [-0.2, 0) is 4.79 Å². The van der Waals surface area contributed by atoms with E-state index in [-0.39, 0.29) is 11.8 Å². The highest BCUT2D eigenvalue weighted by molar-refractivity contribution is 5.82. The molecule has 4 rings (SSSR count). The normalized spacial score (nSPS) is 18.2. The van der Waals surface area contributed by atoms with Crippen LogP contribution in [0.1, 0.15) is 37.8 Å². The highest BCUT2D eigenvalue weighted by Crippen LogP contribution is 2.32. The van der Waals surface area contributed by atoms with Crippen LogP contribution >= 0.6 is 0 Å². The van der Waals surface area contributed by atoms with E-state index in [1.54, 1.807) is 13.3 Å². The van der Waals surface area contributed by atoms with Gasteiger partial charge >= 0.3 is 6.09 Å². The summed E-state index contributed by atoms with van der Waals surface area (Å²) in [5, 5.41) is 10.2. The van der Waals surface area contributed by atoms with E-state index >= 15 is 0 Å². The molecule has 3 heterocycles. The van der Waals surface area contributed by atoms with Gasteiger partial charge < -0.3 is 19.6 Å². The summed E-state index contributed by atoms with van der Waals surface area (Å²) >= 11 is 0. The zero-order chi connectivity index (χ0) is 22.5. The Morgan fingerprint density at radius 2 is 1.81 bits per heavy atom. The lowest BCUT2D eigenvalue weighted by Crippen LogP contribution is -2.48. The van der Waals surface area contributed by atoms with Gasteiger partial charge in [0.15, 0.2) is 0 Å². The first-order valence-electron chi connectivity index (χ1n) is 11.3. The molecule has 0 atom stereocenters. The predicted molar refractivity (Wildman–Crippen MR) is 120 cm³/mol. The second-order valence-electron chi connectivity index (χ2n) is 8.53. The standard InChI is InChI=1S/C23H31N5O4/c1-17(29)27-12-10-26(11-13-27)7-2-14-32-19-3-4-20-21(15-19)24-16-25-22(20)18-5-8-28(9-6-18)23(30)31/h3-4,15-16,18H,2,5-14H2,1H3,(H,30,31). The van der Waals surface area contributed by atoms with Crippen LogP contribution in [0.5, 0.6) is 5.75 Å². The van der Waals surface area contributed by atoms with Crippen LogP contribution in [0.15, 0.2) is 24.5 Å². The number of carboxylic acid groups (broad SMARTS) is 1. The number of amides is 2. The molecule has 0 saturated carbocycles. The Balaban J connectivity index is 1.29. The van der Waals surface area contributed by atoms with Crippen LogP contribution in [-0.4, -0.2) is 94.2 Å². The van der Waals surface area contributed by atoms with Crippen molar-refractivity contribution in [3.8, 4) is 5.75 Å². The number of hydrogen-bond acceptors (Lipinski definition) is 6. The summed E-state index contributed by atoms with van der Waals surface area (Å²) in [6.45, 7) is 7.73. The molecule has 2 aliphatic heterocycles. The van der Waals surface area contributed by atoms with Crippen molar-refractivity contribution in [2.45, 2.75) is 32.1 Å². The van der Waals surface area contributed by atoms with Gasteiger partial charge in [-0.25, -0.2) is 14.8 Å². The highest BCUT2D eigenvalue weighted by Gasteiger charge is 2.25. The van der Waals surface area contributed by atoms with Gasteiger partial charge in [-0.05, 0) is 31.4 Å². The Kier molecular flexibility index (Phi) is 7.04. The summed E-state index contributed by atoms with van der Waals surface area (Å²) in [6.07, 6.45) is 3.21. The lowest BCUT2D eigenvalue weighted by molar-refractivity contribution is -0.130. The minimum atomic E-state index is -0.851. The van der Waals surface area contributed by atoms with Crippen LogP contribution < -0.4 is 4.74 Å². The number of nitrogens with zero attached hydrogens (tertiary/aromatic N) is 5. The van der Waals surface area contributed by atoms with E-state index in [1.165, 1.54) is 4.90 Å². The van der Waals surface area contributed by atoms with E-state index in [0.29, 0.717) is 19.7 Å². The Morgan fingerprint density at radius 1 is 1.06 bits per heavy atom. The average Bonchev–Trinajstić information content (AvgIpc) is 2.81. The van der Waals surface area contributed by atoms with Crippen molar-refractivity contribution in [2.24, 2.45) is 0 Å². The first-order valence-corrected chi connectivity index (χ1v) is 11.3. The second kappa shape index (κ2) is 10.1. The molecular weight excluding hydrogens is 410 g/mol. The fraction of sp³-hybridized carbons (Fsp3) is 0.565. The van der Waals surface area contributed by atoms with Gasteiger partial charge in [-0.2, -0.15) is 0 Å². The average molecular weight is 442 g/mol. The quantitative estimate of drug-likeness (QED) is 0.687. The minimum absolute atomic E-state index is 0.155. The van der Waals surface area contributed by atoms with E-state index in [4.69, 9.17) is 9.84 Å². The number of fused-ring (bicyclic) bond motifs is 1. The van der Waals surface area contributed by atoms with Gasteiger partial charge in [0, 0.05) is 70.1 Å². The number of carbonyl (C=O) groups is 2. The minimum Gasteiger partial charge on any atom is -0.493 e. The van der Waals surface area contributed by atoms with Gasteiger partial charge in [0.25, 0.3) is 0 Å². The van der Waals surface area contributed by atoms with Gasteiger partial charge in [-0.1, -0.05) is 0 Å². The number of aromatic nitrogens is 2. The van der Waals surface area contributed by atoms with Crippen LogP contribution in [0.25, 0.3) is 10.9 Å². The van der Waals surface area contributed by atoms with Crippen molar-refractivity contribution >= 4 is 22.9 Å². The zero-order valence-corrected chi connectivity index (χ0v) is 18.6. The van der Waals surface area contributed by atoms with Crippen molar-refractivity contribution in [3.63, 3.8) is 0 Å². The highest BCUT2D eigenvalue weighted by atomic mass is 16.5. The Bertz CT molecular complexity index is 953. The van der Waals surface area contributed by atoms with Gasteiger partial charge in [-0.3, -0.25) is 9.69 Å². The van der Waals surface area contributed by atoms with E-state index in [9.17, 15) is 9.59 Å². The third kappa shape index (κ3) is 5.27. The Labute approximate surface area is 188 Å². The summed E-state index contributed by atoms with van der Waals surface area (Å²) in [4.78, 5) is 37.3. The van der Waals surface area contributed by atoms with Crippen molar-refractivity contribution < 1.29 is 19.4 Å². The number of piperidine rings is 1. The molecule has 2 saturated heterocycles. The lowest BCUT2D eigenvalue weighted by atomic mass is 9.91. The molecule has 172 valence electrons. The molecule has 0 radical (unpaired) electrons. The maximum atomic E-state index is 11.4. The largest absolute Gasteiger partial charge is 0.493 e. The molecule has 2 aromatic rings. The number of benzene rings is 1. The Morgan fingerprint density at radius 3 is 2.50 bits per heavy atom. The van der Waals surface area contributed by atoms with E-state index in [1.807, 2.05) is 23.1 Å². The van der Waals surface area contributed by atoms with E-state index < -0.39 is 6.09 Å². The molecule has 2 amide bonds. The molecule has 32 heavy (non-hydrogen) atoms. The fourth-order valence-electron chi connectivity index (χ4n) is 4.58. The van der Waals surface area contributed by atoms with Crippen molar-refractivity contribution in [3.05, 3.63) is 30.2 Å². The third-order valence-electron chi connectivity index (χ3n) is 6.50. The third-order valence-corrected chi connectivity index (χ3v) is 6.50. The molecule has 2 fully saturated rings. The molecule has 0 spiro atoms. The van der Waals surface area contributed by atoms with Crippen molar-refractivity contribution in [1.82, 2.24) is 24.7 Å². The Hall–Kier alpha value is -2.94. The van der Waals surface area contributed by atoms with Gasteiger partial charge in [-0.15, -0.1) is 0 Å². The topological polar surface area (TPSA) is 99.1 Å². The maximum Gasteiger partial charge on any atom is 0.407 e. The molecule has 9 nitrogen and oxygen atoms in total. The number of hydrogen-bond donors (Lipinski definition) is 1. The summed E-state index contributed by atoms with van der Waals surface area (Å²) in [5.41, 5.74) is 1.85. The number of piperazine rings is 1. The van der Waals surface area contributed by atoms with Crippen LogP contribution in [0.4, 0.5) is 4.79 Å². The molecule has 2 aliphatic rings. The smallest absolute Gasteiger partial charge is 0.407 e. The summed E-state index contributed by atoms with van der Waals surface area (Å²) < 4.78 is 5.97. The molecule has 0 bridgehead atoms. The number of carbonyl (C=O) groups excluding carboxylic acids is 1. The second-order valence-corrected chi connectivity index (χ2v) is 8.53. The number of rotatable bonds is 6. The first kappa shape index (κ1) is 22.3. The lowest BCUT2D eigenvalue weighted by Gasteiger charge is -2.34. The fourth-order valence-corrected chi connectivity index (χ4v) is 4.58. The molecule has 0 unspecified atom stereocenters. The van der Waals surface area contributed by atoms with Crippen LogP contribution in [0.3, 0.4) is 0 Å². The number of ether oxygens (including phenoxy) is 1. The number of likely N-dealkylation sites (tertiary alicyclic amines) is 1. The van der Waals surface area contributed by atoms with Gasteiger partial charge in [0.05, 0.1) is 17.8 Å². The predicted octanol–water partition coefficient (Wildman–Crippen LogP) is 2.42.